The van der Waals surface area contributed by atoms with Crippen molar-refractivity contribution in [1.82, 2.24) is 0 Å². The highest BCUT2D eigenvalue weighted by Crippen LogP contribution is 2.45. The summed E-state index contributed by atoms with van der Waals surface area (Å²) in [5, 5.41) is 0. The topological polar surface area (TPSA) is 17.1 Å². The summed E-state index contributed by atoms with van der Waals surface area (Å²) in [5.41, 5.74) is 1.47. The minimum atomic E-state index is 0.0279. The highest BCUT2D eigenvalue weighted by atomic mass is 16.1. The van der Waals surface area contributed by atoms with Crippen molar-refractivity contribution in [2.45, 2.75) is 45.4 Å². The van der Waals surface area contributed by atoms with E-state index in [0.29, 0.717) is 12.2 Å². The number of benzene rings is 1. The molecule has 1 aliphatic carbocycles. The molecule has 0 spiro atoms. The average Bonchev–Trinajstić information content (AvgIpc) is 2.15. The third-order valence-corrected chi connectivity index (χ3v) is 3.60. The average molecular weight is 216 g/mol. The molecule has 1 aromatic carbocycles. The predicted molar refractivity (Wildman–Crippen MR) is 66.4 cm³/mol. The van der Waals surface area contributed by atoms with Gasteiger partial charge >= 0.3 is 0 Å². The van der Waals surface area contributed by atoms with Crippen LogP contribution in [0, 0.1) is 5.41 Å². The van der Waals surface area contributed by atoms with E-state index in [1.54, 1.807) is 0 Å². The van der Waals surface area contributed by atoms with Gasteiger partial charge in [0.2, 0.25) is 0 Å². The first-order chi connectivity index (χ1) is 7.41. The second-order valence-electron chi connectivity index (χ2n) is 6.16. The van der Waals surface area contributed by atoms with E-state index in [0.717, 1.165) is 12.8 Å². The number of rotatable bonds is 1. The summed E-state index contributed by atoms with van der Waals surface area (Å²) < 4.78 is 0. The molecule has 1 aliphatic rings. The molecule has 1 aromatic rings. The van der Waals surface area contributed by atoms with Gasteiger partial charge in [-0.1, -0.05) is 51.1 Å². The second-order valence-corrected chi connectivity index (χ2v) is 6.16. The number of Topliss-reactive ketones (excluding diaryl/α,β-unsaturated/α-hetero) is 1. The molecule has 16 heavy (non-hydrogen) atoms. The molecular weight excluding hydrogens is 196 g/mol. The van der Waals surface area contributed by atoms with Crippen LogP contribution in [0.4, 0.5) is 0 Å². The fraction of sp³-hybridized carbons (Fsp3) is 0.533. The fourth-order valence-electron chi connectivity index (χ4n) is 3.26. The quantitative estimate of drug-likeness (QED) is 0.699. The first-order valence-electron chi connectivity index (χ1n) is 5.99. The third-order valence-electron chi connectivity index (χ3n) is 3.60. The normalized spacial score (nSPS) is 29.1. The Morgan fingerprint density at radius 1 is 1.00 bits per heavy atom. The van der Waals surface area contributed by atoms with Crippen LogP contribution in [-0.2, 0) is 10.2 Å². The zero-order valence-electron chi connectivity index (χ0n) is 10.4. The van der Waals surface area contributed by atoms with Gasteiger partial charge in [0.05, 0.1) is 0 Å². The lowest BCUT2D eigenvalue weighted by atomic mass is 9.61. The van der Waals surface area contributed by atoms with Crippen molar-refractivity contribution in [3.05, 3.63) is 35.9 Å². The van der Waals surface area contributed by atoms with Crippen LogP contribution in [-0.4, -0.2) is 5.78 Å². The minimum Gasteiger partial charge on any atom is -0.300 e. The van der Waals surface area contributed by atoms with Gasteiger partial charge in [0.25, 0.3) is 0 Å². The zero-order chi connectivity index (χ0) is 11.8. The maximum absolute atomic E-state index is 11.9. The van der Waals surface area contributed by atoms with Gasteiger partial charge in [0, 0.05) is 12.8 Å². The molecule has 1 fully saturated rings. The summed E-state index contributed by atoms with van der Waals surface area (Å²) in [4.78, 5) is 11.9. The molecule has 0 radical (unpaired) electrons. The Kier molecular flexibility index (Phi) is 2.65. The largest absolute Gasteiger partial charge is 0.300 e. The van der Waals surface area contributed by atoms with Crippen LogP contribution in [0.3, 0.4) is 0 Å². The molecule has 0 bridgehead atoms. The monoisotopic (exact) mass is 216 g/mol. The number of ketones is 1. The molecule has 1 nitrogen and oxygen atoms in total. The Balaban J connectivity index is 2.35. The number of carbonyl (C=O) groups is 1. The third kappa shape index (κ3) is 2.18. The van der Waals surface area contributed by atoms with E-state index < -0.39 is 0 Å². The SMILES string of the molecule is CC1(C)CC(=O)CC(C)(c2ccccc2)C1. The van der Waals surface area contributed by atoms with Crippen molar-refractivity contribution in [2.24, 2.45) is 5.41 Å². The summed E-state index contributed by atoms with van der Waals surface area (Å²) in [6.45, 7) is 6.62. The van der Waals surface area contributed by atoms with E-state index in [2.05, 4.69) is 45.0 Å². The lowest BCUT2D eigenvalue weighted by Gasteiger charge is -2.42. The summed E-state index contributed by atoms with van der Waals surface area (Å²) in [6, 6.07) is 10.4. The van der Waals surface area contributed by atoms with Crippen molar-refractivity contribution >= 4 is 5.78 Å². The van der Waals surface area contributed by atoms with E-state index in [1.807, 2.05) is 6.07 Å². The highest BCUT2D eigenvalue weighted by molar-refractivity contribution is 5.81. The molecule has 0 aliphatic heterocycles. The van der Waals surface area contributed by atoms with E-state index in [-0.39, 0.29) is 10.8 Å². The standard InChI is InChI=1S/C15H20O/c1-14(2)9-13(16)10-15(3,11-14)12-7-5-4-6-8-12/h4-8H,9-11H2,1-3H3. The van der Waals surface area contributed by atoms with E-state index in [9.17, 15) is 4.79 Å². The van der Waals surface area contributed by atoms with Crippen LogP contribution in [0.5, 0.6) is 0 Å². The minimum absolute atomic E-state index is 0.0279. The zero-order valence-corrected chi connectivity index (χ0v) is 10.4. The molecule has 0 saturated heterocycles. The van der Waals surface area contributed by atoms with Gasteiger partial charge < -0.3 is 0 Å². The molecule has 86 valence electrons. The van der Waals surface area contributed by atoms with Crippen molar-refractivity contribution in [2.75, 3.05) is 0 Å². The molecule has 0 N–H and O–H groups in total. The Hall–Kier alpha value is -1.11. The predicted octanol–water partition coefficient (Wildman–Crippen LogP) is 3.72. The summed E-state index contributed by atoms with van der Waals surface area (Å²) in [7, 11) is 0. The van der Waals surface area contributed by atoms with Crippen LogP contribution < -0.4 is 0 Å². The summed E-state index contributed by atoms with van der Waals surface area (Å²) in [5.74, 6) is 0.405. The molecule has 1 saturated carbocycles. The number of carbonyl (C=O) groups excluding carboxylic acids is 1. The van der Waals surface area contributed by atoms with Crippen LogP contribution in [0.2, 0.25) is 0 Å². The van der Waals surface area contributed by atoms with Gasteiger partial charge in [-0.05, 0) is 22.8 Å². The van der Waals surface area contributed by atoms with Crippen LogP contribution in [0.15, 0.2) is 30.3 Å². The Morgan fingerprint density at radius 2 is 1.62 bits per heavy atom. The molecule has 2 rings (SSSR count). The highest BCUT2D eigenvalue weighted by Gasteiger charge is 2.41. The molecule has 0 aromatic heterocycles. The molecular formula is C15H20O. The maximum Gasteiger partial charge on any atom is 0.134 e. The Labute approximate surface area is 97.9 Å². The fourth-order valence-corrected chi connectivity index (χ4v) is 3.26. The van der Waals surface area contributed by atoms with Crippen molar-refractivity contribution in [3.8, 4) is 0 Å². The van der Waals surface area contributed by atoms with Gasteiger partial charge in [-0.2, -0.15) is 0 Å². The molecule has 1 heteroatoms. The van der Waals surface area contributed by atoms with Crippen LogP contribution in [0.25, 0.3) is 0 Å². The van der Waals surface area contributed by atoms with Gasteiger partial charge in [-0.15, -0.1) is 0 Å². The Morgan fingerprint density at radius 3 is 2.19 bits per heavy atom. The second kappa shape index (κ2) is 3.73. The lowest BCUT2D eigenvalue weighted by molar-refractivity contribution is -0.125. The molecule has 0 amide bonds. The van der Waals surface area contributed by atoms with E-state index in [4.69, 9.17) is 0 Å². The summed E-state index contributed by atoms with van der Waals surface area (Å²) >= 11 is 0. The number of hydrogen-bond acceptors (Lipinski definition) is 1. The Bertz CT molecular complexity index is 391. The smallest absolute Gasteiger partial charge is 0.134 e. The van der Waals surface area contributed by atoms with E-state index >= 15 is 0 Å². The van der Waals surface area contributed by atoms with Crippen molar-refractivity contribution in [3.63, 3.8) is 0 Å². The molecule has 1 atom stereocenters. The first-order valence-corrected chi connectivity index (χ1v) is 5.99. The summed E-state index contributed by atoms with van der Waals surface area (Å²) in [6.07, 6.45) is 2.52. The van der Waals surface area contributed by atoms with Gasteiger partial charge in [-0.3, -0.25) is 4.79 Å². The molecule has 1 unspecified atom stereocenters. The lowest BCUT2D eigenvalue weighted by Crippen LogP contribution is -2.38. The van der Waals surface area contributed by atoms with Crippen LogP contribution >= 0.6 is 0 Å². The van der Waals surface area contributed by atoms with Crippen molar-refractivity contribution < 1.29 is 4.79 Å². The van der Waals surface area contributed by atoms with Crippen LogP contribution in [0.1, 0.15) is 45.6 Å². The number of hydrogen-bond donors (Lipinski definition) is 0. The molecule has 0 heterocycles. The van der Waals surface area contributed by atoms with Gasteiger partial charge in [0.1, 0.15) is 5.78 Å². The van der Waals surface area contributed by atoms with E-state index in [1.165, 1.54) is 5.56 Å². The van der Waals surface area contributed by atoms with Crippen molar-refractivity contribution in [1.29, 1.82) is 0 Å². The first kappa shape index (κ1) is 11.4. The van der Waals surface area contributed by atoms with Gasteiger partial charge in [0.15, 0.2) is 0 Å². The van der Waals surface area contributed by atoms with Gasteiger partial charge in [-0.25, -0.2) is 0 Å². The maximum atomic E-state index is 11.9.